The quantitative estimate of drug-likeness (QED) is 0.738. The van der Waals surface area contributed by atoms with E-state index in [2.05, 4.69) is 24.3 Å². The van der Waals surface area contributed by atoms with Crippen LogP contribution in [0.25, 0.3) is 5.57 Å². The Morgan fingerprint density at radius 2 is 1.66 bits per heavy atom. The second-order valence-electron chi connectivity index (χ2n) is 8.40. The lowest BCUT2D eigenvalue weighted by atomic mass is 9.72. The fraction of sp³-hybridized carbons (Fsp3) is 0.360. The van der Waals surface area contributed by atoms with Crippen molar-refractivity contribution in [2.75, 3.05) is 13.7 Å². The molecule has 148 valence electrons. The van der Waals surface area contributed by atoms with E-state index < -0.39 is 5.41 Å². The first kappa shape index (κ1) is 18.2. The fourth-order valence-electron chi connectivity index (χ4n) is 5.97. The maximum absolute atomic E-state index is 13.1. The molecule has 29 heavy (non-hydrogen) atoms. The van der Waals surface area contributed by atoms with Crippen LogP contribution in [0.5, 0.6) is 0 Å². The third-order valence-corrected chi connectivity index (χ3v) is 7.16. The molecule has 1 aliphatic heterocycles. The van der Waals surface area contributed by atoms with Crippen LogP contribution in [0.3, 0.4) is 0 Å². The van der Waals surface area contributed by atoms with Gasteiger partial charge in [0, 0.05) is 5.92 Å². The largest absolute Gasteiger partial charge is 0.469 e. The molecule has 2 aromatic rings. The average Bonchev–Trinajstić information content (AvgIpc) is 3.39. The van der Waals surface area contributed by atoms with Crippen LogP contribution in [0.15, 0.2) is 66.2 Å². The SMILES string of the molecule is COC(=O)[C@]12CC(=C(c3ccccc3)c3ccccc3)C[C@H]1C[C@@H]1C(=O)OC[C@@H]12. The van der Waals surface area contributed by atoms with Crippen molar-refractivity contribution in [2.24, 2.45) is 23.2 Å². The Kier molecular flexibility index (Phi) is 4.30. The van der Waals surface area contributed by atoms with Gasteiger partial charge in [-0.15, -0.1) is 0 Å². The summed E-state index contributed by atoms with van der Waals surface area (Å²) in [5.41, 5.74) is 4.13. The van der Waals surface area contributed by atoms with E-state index in [1.54, 1.807) is 0 Å². The molecule has 2 aromatic carbocycles. The molecule has 3 fully saturated rings. The third-order valence-electron chi connectivity index (χ3n) is 7.16. The molecule has 2 saturated carbocycles. The van der Waals surface area contributed by atoms with Gasteiger partial charge in [-0.05, 0) is 41.9 Å². The van der Waals surface area contributed by atoms with Gasteiger partial charge in [0.1, 0.15) is 0 Å². The van der Waals surface area contributed by atoms with Crippen molar-refractivity contribution < 1.29 is 19.1 Å². The molecule has 0 spiro atoms. The van der Waals surface area contributed by atoms with Gasteiger partial charge in [0.05, 0.1) is 25.0 Å². The van der Waals surface area contributed by atoms with Crippen LogP contribution in [-0.2, 0) is 19.1 Å². The molecule has 0 bridgehead atoms. The molecule has 4 atom stereocenters. The maximum atomic E-state index is 13.1. The van der Waals surface area contributed by atoms with Crippen molar-refractivity contribution in [2.45, 2.75) is 19.3 Å². The molecule has 5 rings (SSSR count). The first-order valence-electron chi connectivity index (χ1n) is 10.2. The topological polar surface area (TPSA) is 52.6 Å². The number of cyclic esters (lactones) is 1. The molecular formula is C25H24O4. The van der Waals surface area contributed by atoms with Gasteiger partial charge in [0.2, 0.25) is 0 Å². The number of methoxy groups -OCH3 is 1. The van der Waals surface area contributed by atoms with Gasteiger partial charge in [0.15, 0.2) is 0 Å². The predicted molar refractivity (Wildman–Crippen MR) is 109 cm³/mol. The number of hydrogen-bond acceptors (Lipinski definition) is 4. The summed E-state index contributed by atoms with van der Waals surface area (Å²) in [6.07, 6.45) is 2.15. The summed E-state index contributed by atoms with van der Waals surface area (Å²) in [4.78, 5) is 25.3. The highest BCUT2D eigenvalue weighted by Crippen LogP contribution is 2.64. The first-order valence-corrected chi connectivity index (χ1v) is 10.2. The Labute approximate surface area is 170 Å². The molecule has 0 aromatic heterocycles. The zero-order valence-electron chi connectivity index (χ0n) is 16.5. The number of hydrogen-bond donors (Lipinski definition) is 0. The lowest BCUT2D eigenvalue weighted by Crippen LogP contribution is -2.39. The lowest BCUT2D eigenvalue weighted by molar-refractivity contribution is -0.157. The van der Waals surface area contributed by atoms with Gasteiger partial charge in [-0.2, -0.15) is 0 Å². The van der Waals surface area contributed by atoms with Crippen molar-refractivity contribution in [1.82, 2.24) is 0 Å². The molecule has 1 heterocycles. The number of allylic oxidation sites excluding steroid dienone is 1. The Morgan fingerprint density at radius 3 is 2.24 bits per heavy atom. The van der Waals surface area contributed by atoms with Crippen molar-refractivity contribution in [3.05, 3.63) is 77.4 Å². The summed E-state index contributed by atoms with van der Waals surface area (Å²) in [6, 6.07) is 20.7. The van der Waals surface area contributed by atoms with E-state index >= 15 is 0 Å². The summed E-state index contributed by atoms with van der Waals surface area (Å²) in [5.74, 6) is -0.473. The van der Waals surface area contributed by atoms with Crippen LogP contribution in [0, 0.1) is 23.2 Å². The van der Waals surface area contributed by atoms with Gasteiger partial charge >= 0.3 is 11.9 Å². The van der Waals surface area contributed by atoms with Gasteiger partial charge in [0.25, 0.3) is 0 Å². The highest BCUT2D eigenvalue weighted by molar-refractivity contribution is 5.88. The molecule has 1 saturated heterocycles. The van der Waals surface area contributed by atoms with Crippen molar-refractivity contribution in [3.63, 3.8) is 0 Å². The van der Waals surface area contributed by atoms with E-state index in [-0.39, 0.29) is 29.7 Å². The first-order chi connectivity index (χ1) is 14.1. The lowest BCUT2D eigenvalue weighted by Gasteiger charge is -2.30. The monoisotopic (exact) mass is 388 g/mol. The number of esters is 2. The van der Waals surface area contributed by atoms with E-state index in [1.165, 1.54) is 18.3 Å². The molecule has 0 unspecified atom stereocenters. The van der Waals surface area contributed by atoms with Crippen LogP contribution in [0.1, 0.15) is 30.4 Å². The molecular weight excluding hydrogens is 364 g/mol. The fourth-order valence-corrected chi connectivity index (χ4v) is 5.97. The molecule has 3 aliphatic rings. The third kappa shape index (κ3) is 2.65. The van der Waals surface area contributed by atoms with Crippen molar-refractivity contribution in [3.8, 4) is 0 Å². The molecule has 0 radical (unpaired) electrons. The Balaban J connectivity index is 1.65. The van der Waals surface area contributed by atoms with Crippen LogP contribution < -0.4 is 0 Å². The van der Waals surface area contributed by atoms with E-state index in [4.69, 9.17) is 9.47 Å². The molecule has 0 N–H and O–H groups in total. The minimum atomic E-state index is -0.657. The maximum Gasteiger partial charge on any atom is 0.312 e. The molecule has 4 heteroatoms. The summed E-state index contributed by atoms with van der Waals surface area (Å²) < 4.78 is 10.6. The van der Waals surface area contributed by atoms with Crippen LogP contribution in [-0.4, -0.2) is 25.7 Å². The minimum absolute atomic E-state index is 0.0854. The van der Waals surface area contributed by atoms with Crippen molar-refractivity contribution >= 4 is 17.5 Å². The van der Waals surface area contributed by atoms with E-state index in [1.807, 2.05) is 36.4 Å². The zero-order chi connectivity index (χ0) is 20.0. The Morgan fingerprint density at radius 1 is 1.03 bits per heavy atom. The van der Waals surface area contributed by atoms with Crippen LogP contribution in [0.4, 0.5) is 0 Å². The Bertz CT molecular complexity index is 937. The smallest absolute Gasteiger partial charge is 0.312 e. The summed E-state index contributed by atoms with van der Waals surface area (Å²) in [7, 11) is 1.45. The minimum Gasteiger partial charge on any atom is -0.469 e. The number of ether oxygens (including phenoxy) is 2. The Hall–Kier alpha value is -2.88. The number of rotatable bonds is 3. The van der Waals surface area contributed by atoms with Gasteiger partial charge < -0.3 is 9.47 Å². The summed E-state index contributed by atoms with van der Waals surface area (Å²) in [5, 5.41) is 0. The van der Waals surface area contributed by atoms with E-state index in [0.29, 0.717) is 19.4 Å². The van der Waals surface area contributed by atoms with Crippen LogP contribution in [0.2, 0.25) is 0 Å². The highest BCUT2D eigenvalue weighted by atomic mass is 16.5. The van der Waals surface area contributed by atoms with Gasteiger partial charge in [-0.25, -0.2) is 0 Å². The average molecular weight is 388 g/mol. The summed E-state index contributed by atoms with van der Waals surface area (Å²) >= 11 is 0. The predicted octanol–water partition coefficient (Wildman–Crippen LogP) is 4.25. The number of carbonyl (C=O) groups is 2. The summed E-state index contributed by atoms with van der Waals surface area (Å²) in [6.45, 7) is 0.328. The number of carbonyl (C=O) groups excluding carboxylic acids is 2. The normalized spacial score (nSPS) is 29.9. The second-order valence-corrected chi connectivity index (χ2v) is 8.40. The van der Waals surface area contributed by atoms with Gasteiger partial charge in [-0.1, -0.05) is 66.2 Å². The van der Waals surface area contributed by atoms with E-state index in [9.17, 15) is 9.59 Å². The van der Waals surface area contributed by atoms with E-state index in [0.717, 1.165) is 17.5 Å². The molecule has 0 amide bonds. The number of benzene rings is 2. The number of fused-ring (bicyclic) bond motifs is 3. The zero-order valence-corrected chi connectivity index (χ0v) is 16.5. The highest BCUT2D eigenvalue weighted by Gasteiger charge is 2.67. The van der Waals surface area contributed by atoms with Crippen molar-refractivity contribution in [1.29, 1.82) is 0 Å². The second kappa shape index (κ2) is 6.87. The van der Waals surface area contributed by atoms with Crippen LogP contribution >= 0.6 is 0 Å². The van der Waals surface area contributed by atoms with Gasteiger partial charge in [-0.3, -0.25) is 9.59 Å². The molecule has 4 nitrogen and oxygen atoms in total. The standard InChI is InChI=1S/C25H24O4/c1-28-24(27)25-14-18(12-19(25)13-20-21(25)15-29-23(20)26)22(16-8-4-2-5-9-16)17-10-6-3-7-11-17/h2-11,19-21H,12-15H2,1H3/t19-,20-,21-,25+/m0/s1. The molecule has 2 aliphatic carbocycles.